The molecule has 0 saturated heterocycles. The van der Waals surface area contributed by atoms with Gasteiger partial charge in [-0.3, -0.25) is 4.79 Å². The number of alkyl halides is 3. The van der Waals surface area contributed by atoms with Crippen molar-refractivity contribution >= 4 is 0 Å². The maximum atomic E-state index is 12.9. The van der Waals surface area contributed by atoms with Gasteiger partial charge in [0.05, 0.1) is 11.9 Å². The molecule has 2 aromatic rings. The van der Waals surface area contributed by atoms with Crippen LogP contribution in [0.5, 0.6) is 0 Å². The lowest BCUT2D eigenvalue weighted by atomic mass is 10.1. The van der Waals surface area contributed by atoms with Crippen LogP contribution in [-0.2, 0) is 19.3 Å². The summed E-state index contributed by atoms with van der Waals surface area (Å²) >= 11 is 0. The van der Waals surface area contributed by atoms with E-state index < -0.39 is 17.3 Å². The van der Waals surface area contributed by atoms with Crippen molar-refractivity contribution in [3.05, 3.63) is 63.8 Å². The first kappa shape index (κ1) is 14.3. The van der Waals surface area contributed by atoms with E-state index in [0.717, 1.165) is 6.07 Å². The van der Waals surface area contributed by atoms with E-state index in [1.54, 1.807) is 0 Å². The van der Waals surface area contributed by atoms with Gasteiger partial charge in [-0.25, -0.2) is 0 Å². The van der Waals surface area contributed by atoms with Gasteiger partial charge in [0.25, 0.3) is 5.56 Å². The molecule has 20 heavy (non-hydrogen) atoms. The maximum absolute atomic E-state index is 12.9. The Morgan fingerprint density at radius 3 is 2.55 bits per heavy atom. The summed E-state index contributed by atoms with van der Waals surface area (Å²) in [4.78, 5) is 14.9. The molecule has 0 spiro atoms. The lowest BCUT2D eigenvalue weighted by Gasteiger charge is -2.14. The van der Waals surface area contributed by atoms with Crippen molar-refractivity contribution in [3.63, 3.8) is 0 Å². The number of hydrogen-bond acceptors (Lipinski definition) is 3. The van der Waals surface area contributed by atoms with Gasteiger partial charge in [-0.2, -0.15) is 18.2 Å². The van der Waals surface area contributed by atoms with Crippen LogP contribution in [0.15, 0.2) is 41.6 Å². The van der Waals surface area contributed by atoms with Crippen molar-refractivity contribution < 1.29 is 13.2 Å². The van der Waals surface area contributed by atoms with E-state index in [4.69, 9.17) is 5.73 Å². The van der Waals surface area contributed by atoms with Gasteiger partial charge in [0.15, 0.2) is 0 Å². The normalized spacial score (nSPS) is 11.6. The fraction of sp³-hybridized carbons (Fsp3) is 0.231. The number of nitrogens with two attached hydrogens (primary N) is 1. The Balaban J connectivity index is 2.38. The lowest BCUT2D eigenvalue weighted by molar-refractivity contribution is -0.138. The quantitative estimate of drug-likeness (QED) is 0.933. The predicted molar refractivity (Wildman–Crippen MR) is 66.9 cm³/mol. The first-order valence-electron chi connectivity index (χ1n) is 5.82. The summed E-state index contributed by atoms with van der Waals surface area (Å²) in [6.07, 6.45) is -1.79. The second-order valence-corrected chi connectivity index (χ2v) is 4.24. The fourth-order valence-corrected chi connectivity index (χ4v) is 1.86. The van der Waals surface area contributed by atoms with Gasteiger partial charge in [0.1, 0.15) is 0 Å². The van der Waals surface area contributed by atoms with Gasteiger partial charge < -0.3 is 10.3 Å². The minimum absolute atomic E-state index is 0.00636. The standard InChI is InChI=1S/C13H12F3N3O/c14-13(15,16)11-4-2-1-3-9(11)6-19-7-10(5-17)12(20)18-8-19/h1-4,7-8H,5-6,17H2. The topological polar surface area (TPSA) is 60.9 Å². The molecule has 7 heteroatoms. The molecule has 0 unspecified atom stereocenters. The minimum Gasteiger partial charge on any atom is -0.334 e. The monoisotopic (exact) mass is 283 g/mol. The molecule has 1 heterocycles. The number of hydrogen-bond donors (Lipinski definition) is 1. The Kier molecular flexibility index (Phi) is 3.89. The van der Waals surface area contributed by atoms with E-state index in [-0.39, 0.29) is 24.2 Å². The summed E-state index contributed by atoms with van der Waals surface area (Å²) in [5, 5.41) is 0. The van der Waals surface area contributed by atoms with Crippen LogP contribution in [0.3, 0.4) is 0 Å². The zero-order valence-electron chi connectivity index (χ0n) is 10.4. The first-order valence-corrected chi connectivity index (χ1v) is 5.82. The molecule has 0 amide bonds. The molecule has 4 nitrogen and oxygen atoms in total. The zero-order valence-corrected chi connectivity index (χ0v) is 10.4. The molecule has 2 N–H and O–H groups in total. The van der Waals surface area contributed by atoms with Crippen molar-refractivity contribution in [2.45, 2.75) is 19.3 Å². The highest BCUT2D eigenvalue weighted by Crippen LogP contribution is 2.32. The van der Waals surface area contributed by atoms with Crippen molar-refractivity contribution in [2.24, 2.45) is 5.73 Å². The van der Waals surface area contributed by atoms with Crippen molar-refractivity contribution in [2.75, 3.05) is 0 Å². The van der Waals surface area contributed by atoms with Crippen LogP contribution in [0.25, 0.3) is 0 Å². The van der Waals surface area contributed by atoms with Crippen molar-refractivity contribution in [1.82, 2.24) is 9.55 Å². The number of rotatable bonds is 3. The van der Waals surface area contributed by atoms with Crippen LogP contribution in [0.1, 0.15) is 16.7 Å². The van der Waals surface area contributed by atoms with Gasteiger partial charge in [0, 0.05) is 24.8 Å². The molecule has 0 aliphatic heterocycles. The van der Waals surface area contributed by atoms with Gasteiger partial charge in [-0.15, -0.1) is 0 Å². The van der Waals surface area contributed by atoms with Crippen molar-refractivity contribution in [1.29, 1.82) is 0 Å². The third kappa shape index (κ3) is 3.05. The van der Waals surface area contributed by atoms with Crippen molar-refractivity contribution in [3.8, 4) is 0 Å². The third-order valence-corrected chi connectivity index (χ3v) is 2.82. The van der Waals surface area contributed by atoms with Crippen LogP contribution in [0.2, 0.25) is 0 Å². The summed E-state index contributed by atoms with van der Waals surface area (Å²) in [5.41, 5.74) is 4.58. The maximum Gasteiger partial charge on any atom is 0.416 e. The summed E-state index contributed by atoms with van der Waals surface area (Å²) < 4.78 is 40.0. The first-order chi connectivity index (χ1) is 9.41. The minimum atomic E-state index is -4.42. The molecule has 0 aliphatic rings. The van der Waals surface area contributed by atoms with Gasteiger partial charge in [-0.1, -0.05) is 18.2 Å². The molecule has 0 radical (unpaired) electrons. The van der Waals surface area contributed by atoms with Gasteiger partial charge in [-0.05, 0) is 11.6 Å². The van der Waals surface area contributed by atoms with E-state index in [2.05, 4.69) is 4.98 Å². The smallest absolute Gasteiger partial charge is 0.334 e. The zero-order chi connectivity index (χ0) is 14.8. The number of aromatic nitrogens is 2. The highest BCUT2D eigenvalue weighted by molar-refractivity contribution is 5.30. The molecule has 0 aliphatic carbocycles. The highest BCUT2D eigenvalue weighted by atomic mass is 19.4. The predicted octanol–water partition coefficient (Wildman–Crippen LogP) is 1.77. The van der Waals surface area contributed by atoms with E-state index in [1.165, 1.54) is 35.3 Å². The highest BCUT2D eigenvalue weighted by Gasteiger charge is 2.32. The Bertz CT molecular complexity index is 664. The molecule has 1 aromatic heterocycles. The number of benzene rings is 1. The molecule has 0 saturated carbocycles. The molecular weight excluding hydrogens is 271 g/mol. The Morgan fingerprint density at radius 1 is 1.20 bits per heavy atom. The Labute approximate surface area is 112 Å². The molecule has 0 fully saturated rings. The molecule has 106 valence electrons. The SMILES string of the molecule is NCc1cn(Cc2ccccc2C(F)(F)F)cnc1=O. The third-order valence-electron chi connectivity index (χ3n) is 2.82. The van der Waals surface area contributed by atoms with Crippen LogP contribution >= 0.6 is 0 Å². The number of nitrogens with zero attached hydrogens (tertiary/aromatic N) is 2. The summed E-state index contributed by atoms with van der Waals surface area (Å²) in [5.74, 6) is 0. The molecule has 2 rings (SSSR count). The second kappa shape index (κ2) is 5.46. The van der Waals surface area contributed by atoms with E-state index in [9.17, 15) is 18.0 Å². The number of halogens is 3. The van der Waals surface area contributed by atoms with Crippen LogP contribution < -0.4 is 11.3 Å². The Morgan fingerprint density at radius 2 is 1.90 bits per heavy atom. The van der Waals surface area contributed by atoms with E-state index in [1.807, 2.05) is 0 Å². The van der Waals surface area contributed by atoms with Gasteiger partial charge >= 0.3 is 6.18 Å². The Hall–Kier alpha value is -2.15. The van der Waals surface area contributed by atoms with E-state index >= 15 is 0 Å². The van der Waals surface area contributed by atoms with Crippen LogP contribution in [0.4, 0.5) is 13.2 Å². The fourth-order valence-electron chi connectivity index (χ4n) is 1.86. The lowest BCUT2D eigenvalue weighted by Crippen LogP contribution is -2.20. The molecule has 0 atom stereocenters. The van der Waals surface area contributed by atoms with Crippen LogP contribution in [0, 0.1) is 0 Å². The van der Waals surface area contributed by atoms with E-state index in [0.29, 0.717) is 0 Å². The summed E-state index contributed by atoms with van der Waals surface area (Å²) in [6.45, 7) is -0.0381. The average molecular weight is 283 g/mol. The summed E-state index contributed by atoms with van der Waals surface area (Å²) in [6, 6.07) is 5.28. The average Bonchev–Trinajstić information content (AvgIpc) is 2.40. The largest absolute Gasteiger partial charge is 0.416 e. The molecular formula is C13H12F3N3O. The molecule has 1 aromatic carbocycles. The second-order valence-electron chi connectivity index (χ2n) is 4.24. The van der Waals surface area contributed by atoms with Gasteiger partial charge in [0.2, 0.25) is 0 Å². The molecule has 0 bridgehead atoms. The van der Waals surface area contributed by atoms with Crippen LogP contribution in [-0.4, -0.2) is 9.55 Å². The summed E-state index contributed by atoms with van der Waals surface area (Å²) in [7, 11) is 0.